The summed E-state index contributed by atoms with van der Waals surface area (Å²) in [5.74, 6) is 1.32. The molecule has 0 saturated carbocycles. The van der Waals surface area contributed by atoms with Crippen molar-refractivity contribution in [2.75, 3.05) is 0 Å². The zero-order valence-corrected chi connectivity index (χ0v) is 9.78. The van der Waals surface area contributed by atoms with Crippen molar-refractivity contribution in [3.05, 3.63) is 41.6 Å². The van der Waals surface area contributed by atoms with Gasteiger partial charge >= 0.3 is 0 Å². The van der Waals surface area contributed by atoms with Gasteiger partial charge in [-0.2, -0.15) is 4.98 Å². The van der Waals surface area contributed by atoms with Crippen molar-refractivity contribution >= 4 is 11.3 Å². The summed E-state index contributed by atoms with van der Waals surface area (Å²) in [5, 5.41) is 5.95. The van der Waals surface area contributed by atoms with Gasteiger partial charge in [0, 0.05) is 18.3 Å². The highest BCUT2D eigenvalue weighted by Crippen LogP contribution is 2.21. The topological polar surface area (TPSA) is 67.6 Å². The lowest BCUT2D eigenvalue weighted by molar-refractivity contribution is 0.378. The van der Waals surface area contributed by atoms with Gasteiger partial charge in [-0.1, -0.05) is 11.2 Å². The molecule has 3 aromatic rings. The summed E-state index contributed by atoms with van der Waals surface area (Å²) in [6.45, 7) is 0. The molecule has 0 fully saturated rings. The van der Waals surface area contributed by atoms with E-state index in [0.29, 0.717) is 11.7 Å². The first-order valence-electron chi connectivity index (χ1n) is 5.25. The summed E-state index contributed by atoms with van der Waals surface area (Å²) < 4.78 is 5.20. The van der Waals surface area contributed by atoms with Crippen LogP contribution in [0.2, 0.25) is 0 Å². The lowest BCUT2D eigenvalue weighted by Crippen LogP contribution is -1.91. The molecule has 3 heterocycles. The van der Waals surface area contributed by atoms with Crippen LogP contribution in [0.3, 0.4) is 0 Å². The van der Waals surface area contributed by atoms with E-state index < -0.39 is 0 Å². The number of hydrogen-bond acceptors (Lipinski definition) is 5. The first-order chi connectivity index (χ1) is 8.42. The molecule has 0 aliphatic heterocycles. The monoisotopic (exact) mass is 246 g/mol. The van der Waals surface area contributed by atoms with E-state index in [1.807, 2.05) is 17.5 Å². The normalized spacial score (nSPS) is 10.8. The van der Waals surface area contributed by atoms with E-state index in [1.165, 1.54) is 0 Å². The Balaban J connectivity index is 1.69. The highest BCUT2D eigenvalue weighted by molar-refractivity contribution is 7.13. The number of aromatic nitrogens is 4. The number of H-pyrrole nitrogens is 1. The Labute approximate surface area is 102 Å². The number of aromatic amines is 1. The second-order valence-electron chi connectivity index (χ2n) is 3.57. The molecule has 0 aromatic carbocycles. The largest absolute Gasteiger partial charge is 0.348 e. The Morgan fingerprint density at radius 2 is 2.35 bits per heavy atom. The molecule has 3 aromatic heterocycles. The van der Waals surface area contributed by atoms with Crippen molar-refractivity contribution in [3.8, 4) is 10.7 Å². The Kier molecular flexibility index (Phi) is 2.71. The Morgan fingerprint density at radius 3 is 3.12 bits per heavy atom. The fourth-order valence-electron chi connectivity index (χ4n) is 1.53. The molecule has 0 aliphatic carbocycles. The molecule has 0 aliphatic rings. The SMILES string of the molecule is c1csc(-c2noc(CCc3cnc[nH]3)n2)c1. The zero-order chi connectivity index (χ0) is 11.5. The van der Waals surface area contributed by atoms with E-state index >= 15 is 0 Å². The smallest absolute Gasteiger partial charge is 0.227 e. The van der Waals surface area contributed by atoms with Crippen molar-refractivity contribution in [2.45, 2.75) is 12.8 Å². The second-order valence-corrected chi connectivity index (χ2v) is 4.51. The number of rotatable bonds is 4. The molecule has 0 unspecified atom stereocenters. The minimum Gasteiger partial charge on any atom is -0.348 e. The summed E-state index contributed by atoms with van der Waals surface area (Å²) >= 11 is 1.60. The number of hydrogen-bond donors (Lipinski definition) is 1. The molecule has 3 rings (SSSR count). The second kappa shape index (κ2) is 4.50. The highest BCUT2D eigenvalue weighted by Gasteiger charge is 2.09. The third-order valence-corrected chi connectivity index (χ3v) is 3.24. The first kappa shape index (κ1) is 10.2. The molecule has 5 nitrogen and oxygen atoms in total. The average Bonchev–Trinajstić information content (AvgIpc) is 3.09. The molecule has 0 radical (unpaired) electrons. The molecule has 0 saturated heterocycles. The zero-order valence-electron chi connectivity index (χ0n) is 8.96. The van der Waals surface area contributed by atoms with Gasteiger partial charge in [0.2, 0.25) is 11.7 Å². The maximum absolute atomic E-state index is 5.20. The van der Waals surface area contributed by atoms with Crippen LogP contribution in [-0.2, 0) is 12.8 Å². The lowest BCUT2D eigenvalue weighted by Gasteiger charge is -1.91. The van der Waals surface area contributed by atoms with Crippen molar-refractivity contribution in [2.24, 2.45) is 0 Å². The summed E-state index contributed by atoms with van der Waals surface area (Å²) in [7, 11) is 0. The van der Waals surface area contributed by atoms with Gasteiger partial charge in [-0.05, 0) is 17.9 Å². The number of nitrogens with one attached hydrogen (secondary N) is 1. The number of imidazole rings is 1. The Hall–Kier alpha value is -1.95. The van der Waals surface area contributed by atoms with Gasteiger partial charge < -0.3 is 9.51 Å². The molecule has 0 spiro atoms. The number of nitrogens with zero attached hydrogens (tertiary/aromatic N) is 3. The molecule has 0 bridgehead atoms. The van der Waals surface area contributed by atoms with E-state index in [9.17, 15) is 0 Å². The molecular formula is C11H10N4OS. The fraction of sp³-hybridized carbons (Fsp3) is 0.182. The van der Waals surface area contributed by atoms with Gasteiger partial charge in [0.05, 0.1) is 11.2 Å². The third kappa shape index (κ3) is 2.26. The van der Waals surface area contributed by atoms with E-state index in [-0.39, 0.29) is 0 Å². The minimum atomic E-state index is 0.656. The van der Waals surface area contributed by atoms with E-state index in [4.69, 9.17) is 4.52 Å². The summed E-state index contributed by atoms with van der Waals surface area (Å²) in [6, 6.07) is 3.95. The summed E-state index contributed by atoms with van der Waals surface area (Å²) in [4.78, 5) is 12.4. The first-order valence-corrected chi connectivity index (χ1v) is 6.13. The van der Waals surface area contributed by atoms with Crippen LogP contribution in [-0.4, -0.2) is 20.1 Å². The predicted octanol–water partition coefficient (Wildman–Crippen LogP) is 2.31. The molecule has 17 heavy (non-hydrogen) atoms. The van der Waals surface area contributed by atoms with Crippen molar-refractivity contribution in [1.82, 2.24) is 20.1 Å². The molecule has 0 amide bonds. The van der Waals surface area contributed by atoms with Crippen LogP contribution >= 0.6 is 11.3 Å². The van der Waals surface area contributed by atoms with E-state index in [2.05, 4.69) is 20.1 Å². The summed E-state index contributed by atoms with van der Waals surface area (Å²) in [6.07, 6.45) is 5.02. The number of thiophene rings is 1. The third-order valence-electron chi connectivity index (χ3n) is 2.37. The maximum atomic E-state index is 5.20. The Morgan fingerprint density at radius 1 is 1.35 bits per heavy atom. The molecular weight excluding hydrogens is 236 g/mol. The fourth-order valence-corrected chi connectivity index (χ4v) is 2.17. The van der Waals surface area contributed by atoms with Crippen molar-refractivity contribution in [1.29, 1.82) is 0 Å². The van der Waals surface area contributed by atoms with Gasteiger partial charge in [-0.3, -0.25) is 0 Å². The predicted molar refractivity (Wildman–Crippen MR) is 63.6 cm³/mol. The minimum absolute atomic E-state index is 0.656. The van der Waals surface area contributed by atoms with Crippen LogP contribution in [0, 0.1) is 0 Å². The molecule has 1 N–H and O–H groups in total. The van der Waals surface area contributed by atoms with E-state index in [0.717, 1.165) is 23.4 Å². The van der Waals surface area contributed by atoms with Gasteiger partial charge in [0.1, 0.15) is 0 Å². The maximum Gasteiger partial charge on any atom is 0.227 e. The van der Waals surface area contributed by atoms with Crippen molar-refractivity contribution in [3.63, 3.8) is 0 Å². The van der Waals surface area contributed by atoms with Crippen LogP contribution in [0.25, 0.3) is 10.7 Å². The molecule has 0 atom stereocenters. The van der Waals surface area contributed by atoms with Gasteiger partial charge in [0.15, 0.2) is 0 Å². The van der Waals surface area contributed by atoms with Gasteiger partial charge in [-0.25, -0.2) is 4.98 Å². The average molecular weight is 246 g/mol. The van der Waals surface area contributed by atoms with Gasteiger partial charge in [0.25, 0.3) is 0 Å². The highest BCUT2D eigenvalue weighted by atomic mass is 32.1. The van der Waals surface area contributed by atoms with Crippen LogP contribution in [0.15, 0.2) is 34.6 Å². The van der Waals surface area contributed by atoms with Crippen molar-refractivity contribution < 1.29 is 4.52 Å². The van der Waals surface area contributed by atoms with Gasteiger partial charge in [-0.15, -0.1) is 11.3 Å². The lowest BCUT2D eigenvalue weighted by atomic mass is 10.2. The Bertz CT molecular complexity index is 570. The molecule has 6 heteroatoms. The van der Waals surface area contributed by atoms with Crippen LogP contribution in [0.4, 0.5) is 0 Å². The quantitative estimate of drug-likeness (QED) is 0.767. The van der Waals surface area contributed by atoms with Crippen LogP contribution < -0.4 is 0 Å². The molecule has 86 valence electrons. The summed E-state index contributed by atoms with van der Waals surface area (Å²) in [5.41, 5.74) is 1.07. The standard InChI is InChI=1S/C11H10N4OS/c1-2-9(17-5-1)11-14-10(16-15-11)4-3-8-6-12-7-13-8/h1-2,5-7H,3-4H2,(H,12,13). The van der Waals surface area contributed by atoms with Crippen LogP contribution in [0.5, 0.6) is 0 Å². The number of aryl methyl sites for hydroxylation is 2. The van der Waals surface area contributed by atoms with E-state index in [1.54, 1.807) is 23.9 Å². The van der Waals surface area contributed by atoms with Crippen LogP contribution in [0.1, 0.15) is 11.6 Å².